The molecule has 1 N–H and O–H groups in total. The Bertz CT molecular complexity index is 725. The minimum absolute atomic E-state index is 0.0137. The van der Waals surface area contributed by atoms with Crippen LogP contribution in [0.15, 0.2) is 46.9 Å². The molecule has 0 unspecified atom stereocenters. The number of carboxylic acids is 1. The summed E-state index contributed by atoms with van der Waals surface area (Å²) in [5, 5.41) is 8.88. The third-order valence-corrected chi connectivity index (χ3v) is 4.01. The fraction of sp³-hybridized carbons (Fsp3) is 0.125. The maximum Gasteiger partial charge on any atom is 0.335 e. The van der Waals surface area contributed by atoms with E-state index in [-0.39, 0.29) is 11.5 Å². The lowest BCUT2D eigenvalue weighted by atomic mass is 10.1. The quantitative estimate of drug-likeness (QED) is 0.928. The second kappa shape index (κ2) is 5.33. The maximum atomic E-state index is 12.3. The van der Waals surface area contributed by atoms with Crippen molar-refractivity contribution in [3.8, 4) is 0 Å². The molecule has 0 fully saturated rings. The predicted molar refractivity (Wildman–Crippen MR) is 81.1 cm³/mol. The molecule has 4 nitrogen and oxygen atoms in total. The molecule has 3 rings (SSSR count). The van der Waals surface area contributed by atoms with Gasteiger partial charge in [-0.1, -0.05) is 28.1 Å². The molecule has 0 saturated heterocycles. The molecule has 0 saturated carbocycles. The van der Waals surface area contributed by atoms with Gasteiger partial charge in [0, 0.05) is 23.1 Å². The van der Waals surface area contributed by atoms with Gasteiger partial charge in [-0.2, -0.15) is 0 Å². The molecular formula is C16H12BrNO3. The van der Waals surface area contributed by atoms with Crippen molar-refractivity contribution in [3.05, 3.63) is 69.2 Å². The van der Waals surface area contributed by atoms with Gasteiger partial charge in [0.2, 0.25) is 0 Å². The molecule has 0 radical (unpaired) electrons. The molecule has 0 bridgehead atoms. The maximum absolute atomic E-state index is 12.3. The zero-order chi connectivity index (χ0) is 15.0. The van der Waals surface area contributed by atoms with Crippen LogP contribution in [0.5, 0.6) is 0 Å². The average molecular weight is 346 g/mol. The van der Waals surface area contributed by atoms with Gasteiger partial charge in [0.15, 0.2) is 0 Å². The highest BCUT2D eigenvalue weighted by Gasteiger charge is 2.27. The number of aromatic carboxylic acids is 1. The SMILES string of the molecule is O=C(O)c1ccc(CN2Cc3cc(Br)ccc3C2=O)cc1. The highest BCUT2D eigenvalue weighted by atomic mass is 79.9. The second-order valence-corrected chi connectivity index (χ2v) is 5.88. The Morgan fingerprint density at radius 2 is 1.90 bits per heavy atom. The summed E-state index contributed by atoms with van der Waals surface area (Å²) >= 11 is 3.41. The first-order valence-electron chi connectivity index (χ1n) is 6.44. The van der Waals surface area contributed by atoms with Crippen LogP contribution >= 0.6 is 15.9 Å². The molecule has 0 spiro atoms. The van der Waals surface area contributed by atoms with Gasteiger partial charge in [-0.15, -0.1) is 0 Å². The van der Waals surface area contributed by atoms with Crippen LogP contribution < -0.4 is 0 Å². The topological polar surface area (TPSA) is 57.6 Å². The van der Waals surface area contributed by atoms with Gasteiger partial charge in [-0.3, -0.25) is 4.79 Å². The standard InChI is InChI=1S/C16H12BrNO3/c17-13-5-6-14-12(7-13)9-18(15(14)19)8-10-1-3-11(4-2-10)16(20)21/h1-7H,8-9H2,(H,20,21). The summed E-state index contributed by atoms with van der Waals surface area (Å²) in [6.45, 7) is 1.05. The zero-order valence-electron chi connectivity index (χ0n) is 11.0. The van der Waals surface area contributed by atoms with Gasteiger partial charge in [-0.25, -0.2) is 4.79 Å². The molecule has 2 aromatic rings. The van der Waals surface area contributed by atoms with E-state index in [1.165, 1.54) is 0 Å². The highest BCUT2D eigenvalue weighted by Crippen LogP contribution is 2.27. The van der Waals surface area contributed by atoms with Crippen molar-refractivity contribution in [2.24, 2.45) is 0 Å². The van der Waals surface area contributed by atoms with Crippen LogP contribution in [-0.4, -0.2) is 21.9 Å². The van der Waals surface area contributed by atoms with Gasteiger partial charge < -0.3 is 10.0 Å². The molecule has 1 aliphatic heterocycles. The molecule has 1 aliphatic rings. The van der Waals surface area contributed by atoms with E-state index < -0.39 is 5.97 Å². The Morgan fingerprint density at radius 1 is 1.19 bits per heavy atom. The molecule has 2 aromatic carbocycles. The van der Waals surface area contributed by atoms with Crippen LogP contribution in [0.25, 0.3) is 0 Å². The Labute approximate surface area is 130 Å². The number of carbonyl (C=O) groups excluding carboxylic acids is 1. The van der Waals surface area contributed by atoms with Gasteiger partial charge in [-0.05, 0) is 41.5 Å². The summed E-state index contributed by atoms with van der Waals surface area (Å²) in [4.78, 5) is 24.9. The van der Waals surface area contributed by atoms with Crippen molar-refractivity contribution in [2.75, 3.05) is 0 Å². The summed E-state index contributed by atoms with van der Waals surface area (Å²) in [7, 11) is 0. The number of nitrogens with zero attached hydrogens (tertiary/aromatic N) is 1. The largest absolute Gasteiger partial charge is 0.478 e. The number of rotatable bonds is 3. The van der Waals surface area contributed by atoms with Crippen molar-refractivity contribution >= 4 is 27.8 Å². The van der Waals surface area contributed by atoms with Crippen LogP contribution in [0.1, 0.15) is 31.8 Å². The van der Waals surface area contributed by atoms with E-state index in [4.69, 9.17) is 5.11 Å². The zero-order valence-corrected chi connectivity index (χ0v) is 12.6. The van der Waals surface area contributed by atoms with E-state index in [1.54, 1.807) is 29.2 Å². The van der Waals surface area contributed by atoms with Gasteiger partial charge in [0.1, 0.15) is 0 Å². The van der Waals surface area contributed by atoms with Crippen LogP contribution in [0, 0.1) is 0 Å². The first-order valence-corrected chi connectivity index (χ1v) is 7.24. The molecule has 0 atom stereocenters. The van der Waals surface area contributed by atoms with Crippen LogP contribution in [0.2, 0.25) is 0 Å². The highest BCUT2D eigenvalue weighted by molar-refractivity contribution is 9.10. The number of amides is 1. The Hall–Kier alpha value is -2.14. The summed E-state index contributed by atoms with van der Waals surface area (Å²) in [6.07, 6.45) is 0. The third-order valence-electron chi connectivity index (χ3n) is 3.52. The fourth-order valence-electron chi connectivity index (χ4n) is 2.45. The first kappa shape index (κ1) is 13.8. The van der Waals surface area contributed by atoms with Crippen molar-refractivity contribution in [1.29, 1.82) is 0 Å². The summed E-state index contributed by atoms with van der Waals surface area (Å²) in [6, 6.07) is 12.3. The number of carbonyl (C=O) groups is 2. The minimum atomic E-state index is -0.948. The molecule has 0 aliphatic carbocycles. The molecular weight excluding hydrogens is 334 g/mol. The number of carboxylic acid groups (broad SMARTS) is 1. The van der Waals surface area contributed by atoms with Crippen molar-refractivity contribution in [1.82, 2.24) is 4.90 Å². The smallest absolute Gasteiger partial charge is 0.335 e. The lowest BCUT2D eigenvalue weighted by Crippen LogP contribution is -2.23. The van der Waals surface area contributed by atoms with E-state index in [0.29, 0.717) is 13.1 Å². The van der Waals surface area contributed by atoms with E-state index >= 15 is 0 Å². The summed E-state index contributed by atoms with van der Waals surface area (Å²) < 4.78 is 0.960. The Kier molecular flexibility index (Phi) is 3.51. The number of halogens is 1. The molecule has 0 aromatic heterocycles. The summed E-state index contributed by atoms with van der Waals surface area (Å²) in [5.41, 5.74) is 2.91. The lowest BCUT2D eigenvalue weighted by Gasteiger charge is -2.15. The molecule has 1 heterocycles. The Balaban J connectivity index is 1.78. The van der Waals surface area contributed by atoms with Crippen LogP contribution in [-0.2, 0) is 13.1 Å². The molecule has 5 heteroatoms. The van der Waals surface area contributed by atoms with Gasteiger partial charge in [0.05, 0.1) is 5.56 Å². The Morgan fingerprint density at radius 3 is 2.57 bits per heavy atom. The second-order valence-electron chi connectivity index (χ2n) is 4.96. The average Bonchev–Trinajstić information content (AvgIpc) is 2.75. The van der Waals surface area contributed by atoms with E-state index in [0.717, 1.165) is 21.2 Å². The molecule has 1 amide bonds. The molecule has 21 heavy (non-hydrogen) atoms. The number of hydrogen-bond acceptors (Lipinski definition) is 2. The molecule has 106 valence electrons. The fourth-order valence-corrected chi connectivity index (χ4v) is 2.86. The first-order chi connectivity index (χ1) is 10.0. The normalized spacial score (nSPS) is 13.4. The van der Waals surface area contributed by atoms with E-state index in [2.05, 4.69) is 15.9 Å². The lowest BCUT2D eigenvalue weighted by molar-refractivity contribution is 0.0695. The van der Waals surface area contributed by atoms with Crippen LogP contribution in [0.4, 0.5) is 0 Å². The van der Waals surface area contributed by atoms with E-state index in [9.17, 15) is 9.59 Å². The monoisotopic (exact) mass is 345 g/mol. The van der Waals surface area contributed by atoms with Gasteiger partial charge in [0.25, 0.3) is 5.91 Å². The van der Waals surface area contributed by atoms with Gasteiger partial charge >= 0.3 is 5.97 Å². The summed E-state index contributed by atoms with van der Waals surface area (Å²) in [5.74, 6) is -0.934. The van der Waals surface area contributed by atoms with Crippen LogP contribution in [0.3, 0.4) is 0 Å². The number of hydrogen-bond donors (Lipinski definition) is 1. The van der Waals surface area contributed by atoms with Crippen molar-refractivity contribution < 1.29 is 14.7 Å². The predicted octanol–water partition coefficient (Wildman–Crippen LogP) is 3.30. The van der Waals surface area contributed by atoms with E-state index in [1.807, 2.05) is 18.2 Å². The van der Waals surface area contributed by atoms with Crippen molar-refractivity contribution in [2.45, 2.75) is 13.1 Å². The number of fused-ring (bicyclic) bond motifs is 1. The third kappa shape index (κ3) is 2.69. The van der Waals surface area contributed by atoms with Crippen molar-refractivity contribution in [3.63, 3.8) is 0 Å². The number of benzene rings is 2. The minimum Gasteiger partial charge on any atom is -0.478 e.